The van der Waals surface area contributed by atoms with E-state index >= 15 is 0 Å². The predicted molar refractivity (Wildman–Crippen MR) is 68.6 cm³/mol. The Morgan fingerprint density at radius 2 is 2.11 bits per heavy atom. The molecule has 0 spiro atoms. The maximum atomic E-state index is 11.7. The van der Waals surface area contributed by atoms with Crippen LogP contribution in [-0.4, -0.2) is 31.4 Å². The molecule has 5 heteroatoms. The fourth-order valence-corrected chi connectivity index (χ4v) is 1.50. The number of esters is 1. The molecule has 1 rings (SSSR count). The zero-order valence-electron chi connectivity index (χ0n) is 10.5. The molecule has 18 heavy (non-hydrogen) atoms. The lowest BCUT2D eigenvalue weighted by molar-refractivity contribution is 0.0497. The summed E-state index contributed by atoms with van der Waals surface area (Å²) >= 11 is 0. The predicted octanol–water partition coefficient (Wildman–Crippen LogP) is 1.60. The Morgan fingerprint density at radius 1 is 1.33 bits per heavy atom. The number of hydrogen-bond donors (Lipinski definition) is 2. The highest BCUT2D eigenvalue weighted by Crippen LogP contribution is 2.22. The molecule has 5 nitrogen and oxygen atoms in total. The minimum Gasteiger partial charge on any atom is -0.495 e. The lowest BCUT2D eigenvalue weighted by Crippen LogP contribution is -2.07. The smallest absolute Gasteiger partial charge is 0.338 e. The van der Waals surface area contributed by atoms with Gasteiger partial charge in [0, 0.05) is 6.61 Å². The standard InChI is InChI=1S/C13H19NO4/c1-17-12-6-5-10(9-11(12)14)13(16)18-8-4-2-3-7-15/h5-6,9,15H,2-4,7-8,14H2,1H3. The van der Waals surface area contributed by atoms with Crippen LogP contribution in [0.15, 0.2) is 18.2 Å². The number of aliphatic hydroxyl groups excluding tert-OH is 1. The van der Waals surface area contributed by atoms with Gasteiger partial charge >= 0.3 is 5.97 Å². The lowest BCUT2D eigenvalue weighted by Gasteiger charge is -2.07. The van der Waals surface area contributed by atoms with E-state index in [1.54, 1.807) is 12.1 Å². The van der Waals surface area contributed by atoms with E-state index in [2.05, 4.69) is 0 Å². The van der Waals surface area contributed by atoms with Crippen LogP contribution in [0.1, 0.15) is 29.6 Å². The summed E-state index contributed by atoms with van der Waals surface area (Å²) in [5.41, 5.74) is 6.53. The molecular weight excluding hydrogens is 234 g/mol. The van der Waals surface area contributed by atoms with Crippen molar-refractivity contribution in [1.82, 2.24) is 0 Å². The highest BCUT2D eigenvalue weighted by molar-refractivity contribution is 5.91. The normalized spacial score (nSPS) is 10.1. The van der Waals surface area contributed by atoms with Crippen LogP contribution < -0.4 is 10.5 Å². The molecule has 0 saturated carbocycles. The van der Waals surface area contributed by atoms with Crippen molar-refractivity contribution < 1.29 is 19.4 Å². The van der Waals surface area contributed by atoms with Gasteiger partial charge in [0.05, 0.1) is 25.0 Å². The van der Waals surface area contributed by atoms with Crippen LogP contribution in [0.2, 0.25) is 0 Å². The number of nitrogen functional groups attached to an aromatic ring is 1. The van der Waals surface area contributed by atoms with E-state index in [1.807, 2.05) is 0 Å². The second kappa shape index (κ2) is 7.55. The van der Waals surface area contributed by atoms with E-state index in [4.69, 9.17) is 20.3 Å². The van der Waals surface area contributed by atoms with Crippen molar-refractivity contribution in [2.24, 2.45) is 0 Å². The van der Waals surface area contributed by atoms with Crippen LogP contribution in [0.3, 0.4) is 0 Å². The summed E-state index contributed by atoms with van der Waals surface area (Å²) in [6.07, 6.45) is 2.32. The number of rotatable bonds is 7. The van der Waals surface area contributed by atoms with Gasteiger partial charge in [0.1, 0.15) is 5.75 Å². The van der Waals surface area contributed by atoms with Gasteiger partial charge in [-0.1, -0.05) is 0 Å². The lowest BCUT2D eigenvalue weighted by atomic mass is 10.2. The van der Waals surface area contributed by atoms with Crippen molar-refractivity contribution in [3.05, 3.63) is 23.8 Å². The van der Waals surface area contributed by atoms with Gasteiger partial charge in [0.15, 0.2) is 0 Å². The number of nitrogens with two attached hydrogens (primary N) is 1. The number of methoxy groups -OCH3 is 1. The van der Waals surface area contributed by atoms with Crippen molar-refractivity contribution in [2.75, 3.05) is 26.1 Å². The average molecular weight is 253 g/mol. The summed E-state index contributed by atoms with van der Waals surface area (Å²) in [6.45, 7) is 0.522. The molecule has 0 atom stereocenters. The summed E-state index contributed by atoms with van der Waals surface area (Å²) in [4.78, 5) is 11.7. The van der Waals surface area contributed by atoms with E-state index in [1.165, 1.54) is 13.2 Å². The van der Waals surface area contributed by atoms with Gasteiger partial charge in [-0.15, -0.1) is 0 Å². The highest BCUT2D eigenvalue weighted by Gasteiger charge is 2.09. The minimum atomic E-state index is -0.395. The number of carbonyl (C=O) groups excluding carboxylic acids is 1. The molecule has 0 aromatic heterocycles. The van der Waals surface area contributed by atoms with Crippen LogP contribution >= 0.6 is 0 Å². The monoisotopic (exact) mass is 253 g/mol. The first-order valence-corrected chi connectivity index (χ1v) is 5.90. The summed E-state index contributed by atoms with van der Waals surface area (Å²) in [5, 5.41) is 8.60. The van der Waals surface area contributed by atoms with E-state index in [9.17, 15) is 4.79 Å². The summed E-state index contributed by atoms with van der Waals surface area (Å²) in [5.74, 6) is 0.142. The molecule has 0 amide bonds. The molecule has 0 saturated heterocycles. The molecule has 0 unspecified atom stereocenters. The Kier molecular flexibility index (Phi) is 6.00. The average Bonchev–Trinajstić information content (AvgIpc) is 2.38. The number of ether oxygens (including phenoxy) is 2. The fraction of sp³-hybridized carbons (Fsp3) is 0.462. The van der Waals surface area contributed by atoms with Crippen LogP contribution in [0.25, 0.3) is 0 Å². The maximum absolute atomic E-state index is 11.7. The highest BCUT2D eigenvalue weighted by atomic mass is 16.5. The maximum Gasteiger partial charge on any atom is 0.338 e. The van der Waals surface area contributed by atoms with Gasteiger partial charge in [0.25, 0.3) is 0 Å². The number of anilines is 1. The minimum absolute atomic E-state index is 0.170. The van der Waals surface area contributed by atoms with Gasteiger partial charge in [-0.05, 0) is 37.5 Å². The summed E-state index contributed by atoms with van der Waals surface area (Å²) in [6, 6.07) is 4.79. The Labute approximate surface area is 107 Å². The molecule has 0 aliphatic carbocycles. The first kappa shape index (κ1) is 14.3. The van der Waals surface area contributed by atoms with Crippen molar-refractivity contribution in [3.63, 3.8) is 0 Å². The van der Waals surface area contributed by atoms with Crippen LogP contribution in [0.4, 0.5) is 5.69 Å². The summed E-state index contributed by atoms with van der Waals surface area (Å²) < 4.78 is 10.1. The number of benzene rings is 1. The molecule has 1 aromatic carbocycles. The SMILES string of the molecule is COc1ccc(C(=O)OCCCCCO)cc1N. The topological polar surface area (TPSA) is 81.8 Å². The molecule has 3 N–H and O–H groups in total. The third-order valence-electron chi connectivity index (χ3n) is 2.50. The van der Waals surface area contributed by atoms with Crippen molar-refractivity contribution in [1.29, 1.82) is 0 Å². The molecule has 0 radical (unpaired) electrons. The molecular formula is C13H19NO4. The third kappa shape index (κ3) is 4.25. The van der Waals surface area contributed by atoms with Crippen LogP contribution in [0.5, 0.6) is 5.75 Å². The number of aliphatic hydroxyl groups is 1. The van der Waals surface area contributed by atoms with Crippen LogP contribution in [-0.2, 0) is 4.74 Å². The fourth-order valence-electron chi connectivity index (χ4n) is 1.50. The van der Waals surface area contributed by atoms with E-state index in [0.29, 0.717) is 23.6 Å². The molecule has 0 bridgehead atoms. The molecule has 1 aromatic rings. The molecule has 0 heterocycles. The number of unbranched alkanes of at least 4 members (excludes halogenated alkanes) is 2. The van der Waals surface area contributed by atoms with Crippen molar-refractivity contribution >= 4 is 11.7 Å². The van der Waals surface area contributed by atoms with E-state index in [0.717, 1.165) is 19.3 Å². The Bertz CT molecular complexity index is 393. The Morgan fingerprint density at radius 3 is 2.72 bits per heavy atom. The van der Waals surface area contributed by atoms with Gasteiger partial charge in [0.2, 0.25) is 0 Å². The third-order valence-corrected chi connectivity index (χ3v) is 2.50. The molecule has 0 aliphatic rings. The molecule has 0 fully saturated rings. The van der Waals surface area contributed by atoms with Crippen LogP contribution in [0, 0.1) is 0 Å². The largest absolute Gasteiger partial charge is 0.495 e. The van der Waals surface area contributed by atoms with Crippen molar-refractivity contribution in [2.45, 2.75) is 19.3 Å². The zero-order chi connectivity index (χ0) is 13.4. The first-order chi connectivity index (χ1) is 8.69. The van der Waals surface area contributed by atoms with Gasteiger partial charge in [-0.3, -0.25) is 0 Å². The first-order valence-electron chi connectivity index (χ1n) is 5.90. The molecule has 0 aliphatic heterocycles. The van der Waals surface area contributed by atoms with Crippen molar-refractivity contribution in [3.8, 4) is 5.75 Å². The van der Waals surface area contributed by atoms with Gasteiger partial charge < -0.3 is 20.3 Å². The Hall–Kier alpha value is -1.75. The second-order valence-corrected chi connectivity index (χ2v) is 3.88. The van der Waals surface area contributed by atoms with Gasteiger partial charge in [-0.2, -0.15) is 0 Å². The quantitative estimate of drug-likeness (QED) is 0.438. The second-order valence-electron chi connectivity index (χ2n) is 3.88. The number of carbonyl (C=O) groups is 1. The van der Waals surface area contributed by atoms with Gasteiger partial charge in [-0.25, -0.2) is 4.79 Å². The number of hydrogen-bond acceptors (Lipinski definition) is 5. The zero-order valence-corrected chi connectivity index (χ0v) is 10.5. The molecule has 100 valence electrons. The Balaban J connectivity index is 2.44. The summed E-state index contributed by atoms with van der Waals surface area (Å²) in [7, 11) is 1.52. The van der Waals surface area contributed by atoms with E-state index in [-0.39, 0.29) is 6.61 Å². The van der Waals surface area contributed by atoms with E-state index < -0.39 is 5.97 Å².